The topological polar surface area (TPSA) is 140 Å². The maximum absolute atomic E-state index is 13.1. The van der Waals surface area contributed by atoms with Crippen LogP contribution in [0.4, 0.5) is 23.7 Å². The average Bonchev–Trinajstić information content (AvgIpc) is 3.93. The first-order valence-corrected chi connectivity index (χ1v) is 16.7. The lowest BCUT2D eigenvalue weighted by Crippen LogP contribution is -2.65. The van der Waals surface area contributed by atoms with E-state index in [0.29, 0.717) is 42.7 Å². The second-order valence-corrected chi connectivity index (χ2v) is 14.2. The fourth-order valence-corrected chi connectivity index (χ4v) is 7.55. The first-order chi connectivity index (χ1) is 21.9. The van der Waals surface area contributed by atoms with Gasteiger partial charge in [-0.15, -0.1) is 13.2 Å². The van der Waals surface area contributed by atoms with Crippen molar-refractivity contribution >= 4 is 27.6 Å². The Morgan fingerprint density at radius 1 is 0.978 bits per heavy atom. The van der Waals surface area contributed by atoms with Crippen LogP contribution in [0.1, 0.15) is 72.5 Å². The highest BCUT2D eigenvalue weighted by atomic mass is 32.2. The van der Waals surface area contributed by atoms with Crippen molar-refractivity contribution in [1.82, 2.24) is 14.8 Å². The van der Waals surface area contributed by atoms with Crippen molar-refractivity contribution in [2.45, 2.75) is 87.3 Å². The molecule has 3 aromatic rings. The molecule has 2 atom stereocenters. The molecule has 0 spiro atoms. The van der Waals surface area contributed by atoms with Gasteiger partial charge in [-0.1, -0.05) is 17.3 Å². The van der Waals surface area contributed by atoms with Gasteiger partial charge in [-0.05, 0) is 81.3 Å². The maximum atomic E-state index is 13.1. The van der Waals surface area contributed by atoms with E-state index in [-0.39, 0.29) is 59.3 Å². The Morgan fingerprint density at radius 3 is 2.33 bits per heavy atom. The van der Waals surface area contributed by atoms with Crippen LogP contribution in [0.15, 0.2) is 53.1 Å². The highest BCUT2D eigenvalue weighted by Crippen LogP contribution is 2.46. The van der Waals surface area contributed by atoms with Crippen LogP contribution in [0.5, 0.6) is 5.75 Å². The van der Waals surface area contributed by atoms with Gasteiger partial charge in [-0.25, -0.2) is 17.9 Å². The van der Waals surface area contributed by atoms with Crippen LogP contribution in [-0.2, 0) is 21.4 Å². The molecule has 5 fully saturated rings. The third kappa shape index (κ3) is 6.43. The minimum absolute atomic E-state index is 0.0489. The molecular weight excluding hydrogens is 629 g/mol. The summed E-state index contributed by atoms with van der Waals surface area (Å²) >= 11 is 0. The molecule has 5 aliphatic rings. The number of carbonyl (C=O) groups excluding carboxylic acids is 2. The number of piperidine rings is 1. The number of aromatic nitrogens is 1. The third-order valence-electron chi connectivity index (χ3n) is 8.83. The number of benzene rings is 2. The van der Waals surface area contributed by atoms with E-state index < -0.39 is 27.5 Å². The lowest BCUT2D eigenvalue weighted by Gasteiger charge is -2.54. The summed E-state index contributed by atoms with van der Waals surface area (Å²) in [6.45, 7) is 0.100. The van der Waals surface area contributed by atoms with Gasteiger partial charge in [-0.2, -0.15) is 0 Å². The average molecular weight is 661 g/mol. The monoisotopic (exact) mass is 660 g/mol. The Bertz CT molecular complexity index is 1740. The van der Waals surface area contributed by atoms with Crippen molar-refractivity contribution in [2.75, 3.05) is 5.32 Å². The zero-order valence-electron chi connectivity index (χ0n) is 24.5. The number of nitrogens with one attached hydrogen (secondary N) is 2. The molecule has 11 nitrogen and oxygen atoms in total. The molecule has 3 aliphatic carbocycles. The summed E-state index contributed by atoms with van der Waals surface area (Å²) in [5.41, 5.74) is 1.67. The van der Waals surface area contributed by atoms with Crippen molar-refractivity contribution in [3.8, 4) is 17.0 Å². The highest BCUT2D eigenvalue weighted by Gasteiger charge is 2.48. The first-order valence-electron chi connectivity index (χ1n) is 15.2. The van der Waals surface area contributed by atoms with Gasteiger partial charge in [0.2, 0.25) is 10.0 Å². The van der Waals surface area contributed by atoms with Gasteiger partial charge in [-0.3, -0.25) is 4.79 Å². The lowest BCUT2D eigenvalue weighted by atomic mass is 9.78. The van der Waals surface area contributed by atoms with E-state index in [4.69, 9.17) is 9.26 Å². The molecule has 46 heavy (non-hydrogen) atoms. The molecule has 2 aromatic carbocycles. The molecule has 2 N–H and O–H groups in total. The number of para-hydroxylation sites is 1. The van der Waals surface area contributed by atoms with Gasteiger partial charge in [0.1, 0.15) is 17.2 Å². The number of sulfonamides is 1. The summed E-state index contributed by atoms with van der Waals surface area (Å²) in [7, 11) is -3.66. The van der Waals surface area contributed by atoms with E-state index in [2.05, 4.69) is 19.9 Å². The normalized spacial score (nSPS) is 22.6. The smallest absolute Gasteiger partial charge is 0.405 e. The van der Waals surface area contributed by atoms with Gasteiger partial charge in [0.15, 0.2) is 0 Å². The molecule has 2 bridgehead atoms. The van der Waals surface area contributed by atoms with Crippen LogP contribution >= 0.6 is 0 Å². The minimum atomic E-state index is -4.86. The van der Waals surface area contributed by atoms with E-state index in [1.807, 2.05) is 0 Å². The molecular formula is C31H31F3N4O7S. The van der Waals surface area contributed by atoms with Crippen molar-refractivity contribution in [1.29, 1.82) is 0 Å². The molecule has 2 unspecified atom stereocenters. The highest BCUT2D eigenvalue weighted by molar-refractivity contribution is 7.91. The number of anilines is 1. The van der Waals surface area contributed by atoms with Gasteiger partial charge < -0.3 is 24.2 Å². The van der Waals surface area contributed by atoms with Crippen molar-refractivity contribution < 1.29 is 45.2 Å². The fraction of sp³-hybridized carbons (Fsp3) is 0.452. The number of carbonyl (C=O) groups is 2. The standard InChI is InChI=1S/C31H31F3N4O7S/c32-31(33,34)44-26-4-2-1-3-24(26)27-25(28(45-36-27)17-5-6-17)16-43-22-14-20-13-21(15-22)38(20)30(40)35-19-9-7-18(8-10-19)29(39)37-46(41,42)23-11-12-23/h1-4,7-10,17,20-23H,5-6,11-16H2,(H,35,40)(H,37,39). The Balaban J connectivity index is 0.961. The molecule has 0 radical (unpaired) electrons. The summed E-state index contributed by atoms with van der Waals surface area (Å²) < 4.78 is 81.6. The number of urea groups is 1. The maximum Gasteiger partial charge on any atom is 0.573 e. The molecule has 15 heteroatoms. The summed E-state index contributed by atoms with van der Waals surface area (Å²) in [4.78, 5) is 27.2. The van der Waals surface area contributed by atoms with E-state index in [0.717, 1.165) is 19.3 Å². The number of hydrogen-bond acceptors (Lipinski definition) is 8. The number of nitrogens with zero attached hydrogens (tertiary/aromatic N) is 2. The minimum Gasteiger partial charge on any atom is -0.405 e. The van der Waals surface area contributed by atoms with Crippen molar-refractivity contribution in [3.63, 3.8) is 0 Å². The van der Waals surface area contributed by atoms with Gasteiger partial charge >= 0.3 is 12.4 Å². The number of ether oxygens (including phenoxy) is 2. The molecule has 8 rings (SSSR count). The van der Waals surface area contributed by atoms with Crippen LogP contribution in [0.2, 0.25) is 0 Å². The SMILES string of the molecule is O=C(NS(=O)(=O)C1CC1)c1ccc(NC(=O)N2C3CC(OCc4c(-c5ccccc5OC(F)(F)F)noc4C4CC4)CC2C3)cc1. The number of fused-ring (bicyclic) bond motifs is 2. The second kappa shape index (κ2) is 11.6. The van der Waals surface area contributed by atoms with Crippen LogP contribution in [-0.4, -0.2) is 60.2 Å². The quantitative estimate of drug-likeness (QED) is 0.283. The van der Waals surface area contributed by atoms with E-state index >= 15 is 0 Å². The fourth-order valence-electron chi connectivity index (χ4n) is 6.25. The zero-order chi connectivity index (χ0) is 32.2. The number of rotatable bonds is 10. The predicted octanol–water partition coefficient (Wildman–Crippen LogP) is 5.69. The summed E-state index contributed by atoms with van der Waals surface area (Å²) in [5, 5.41) is 6.46. The van der Waals surface area contributed by atoms with E-state index in [9.17, 15) is 31.2 Å². The first kappa shape index (κ1) is 30.5. The molecule has 2 saturated heterocycles. The van der Waals surface area contributed by atoms with Crippen LogP contribution < -0.4 is 14.8 Å². The van der Waals surface area contributed by atoms with Gasteiger partial charge in [0.25, 0.3) is 5.91 Å². The molecule has 244 valence electrons. The summed E-state index contributed by atoms with van der Waals surface area (Å²) in [6, 6.07) is 11.4. The Labute approximate surface area is 262 Å². The Hall–Kier alpha value is -4.11. The molecule has 3 heterocycles. The summed E-state index contributed by atoms with van der Waals surface area (Å²) in [6.07, 6.45) is -0.139. The molecule has 3 amide bonds. The Morgan fingerprint density at radius 2 is 1.67 bits per heavy atom. The van der Waals surface area contributed by atoms with Crippen LogP contribution in [0.3, 0.4) is 0 Å². The zero-order valence-corrected chi connectivity index (χ0v) is 25.3. The van der Waals surface area contributed by atoms with Crippen LogP contribution in [0.25, 0.3) is 11.3 Å². The number of amides is 3. The lowest BCUT2D eigenvalue weighted by molar-refractivity contribution is -0.274. The largest absolute Gasteiger partial charge is 0.573 e. The Kier molecular flexibility index (Phi) is 7.70. The second-order valence-electron chi connectivity index (χ2n) is 12.2. The molecule has 1 aromatic heterocycles. The molecule has 2 aliphatic heterocycles. The van der Waals surface area contributed by atoms with E-state index in [1.54, 1.807) is 23.1 Å². The predicted molar refractivity (Wildman–Crippen MR) is 157 cm³/mol. The van der Waals surface area contributed by atoms with Gasteiger partial charge in [0.05, 0.1) is 18.0 Å². The van der Waals surface area contributed by atoms with Crippen LogP contribution in [0, 0.1) is 0 Å². The van der Waals surface area contributed by atoms with Gasteiger partial charge in [0, 0.05) is 40.4 Å². The molecule has 3 saturated carbocycles. The number of alkyl halides is 3. The van der Waals surface area contributed by atoms with Crippen molar-refractivity contribution in [3.05, 3.63) is 65.4 Å². The number of hydrogen-bond donors (Lipinski definition) is 2. The third-order valence-corrected chi connectivity index (χ3v) is 10.6. The number of halogens is 3. The summed E-state index contributed by atoms with van der Waals surface area (Å²) in [5.74, 6) is -0.318. The van der Waals surface area contributed by atoms with Crippen molar-refractivity contribution in [2.24, 2.45) is 0 Å². The van der Waals surface area contributed by atoms with E-state index in [1.165, 1.54) is 30.3 Å².